The van der Waals surface area contributed by atoms with Crippen molar-refractivity contribution in [3.05, 3.63) is 71.3 Å². The molecule has 2 aromatic rings. The van der Waals surface area contributed by atoms with E-state index in [4.69, 9.17) is 10.00 Å². The third kappa shape index (κ3) is 2.20. The summed E-state index contributed by atoms with van der Waals surface area (Å²) in [7, 11) is 0. The Hall–Kier alpha value is -2.15. The van der Waals surface area contributed by atoms with Crippen LogP contribution in [-0.4, -0.2) is 17.8 Å². The van der Waals surface area contributed by atoms with Gasteiger partial charge in [-0.2, -0.15) is 5.26 Å². The molecule has 0 aliphatic carbocycles. The van der Waals surface area contributed by atoms with E-state index >= 15 is 0 Å². The van der Waals surface area contributed by atoms with E-state index in [2.05, 4.69) is 18.2 Å². The molecule has 0 amide bonds. The van der Waals surface area contributed by atoms with E-state index in [9.17, 15) is 5.11 Å². The van der Waals surface area contributed by atoms with Crippen LogP contribution in [-0.2, 0) is 4.74 Å². The zero-order valence-corrected chi connectivity index (χ0v) is 10.9. The molecule has 1 N–H and O–H groups in total. The first-order valence-electron chi connectivity index (χ1n) is 6.65. The maximum absolute atomic E-state index is 9.40. The van der Waals surface area contributed by atoms with Crippen LogP contribution in [0.3, 0.4) is 0 Å². The molecule has 3 atom stereocenters. The second-order valence-electron chi connectivity index (χ2n) is 4.95. The number of nitrogens with zero attached hydrogens (tertiary/aromatic N) is 1. The zero-order chi connectivity index (χ0) is 13.9. The number of aliphatic hydroxyl groups excluding tert-OH is 1. The van der Waals surface area contributed by atoms with Gasteiger partial charge in [-0.1, -0.05) is 42.5 Å². The summed E-state index contributed by atoms with van der Waals surface area (Å²) >= 11 is 0. The average Bonchev–Trinajstić information content (AvgIpc) is 2.48. The fourth-order valence-corrected chi connectivity index (χ4v) is 2.72. The summed E-state index contributed by atoms with van der Waals surface area (Å²) in [5, 5.41) is 18.2. The first-order chi connectivity index (χ1) is 9.83. The van der Waals surface area contributed by atoms with E-state index < -0.39 is 0 Å². The Morgan fingerprint density at radius 2 is 1.70 bits per heavy atom. The van der Waals surface area contributed by atoms with Gasteiger partial charge in [0.25, 0.3) is 0 Å². The SMILES string of the molecule is N#Cc1ccc([C@@H]2O[C@H](CO)[C@H]2c2ccccc2)cc1. The van der Waals surface area contributed by atoms with Gasteiger partial charge in [-0.15, -0.1) is 0 Å². The lowest BCUT2D eigenvalue weighted by Gasteiger charge is -2.44. The molecule has 0 aromatic heterocycles. The van der Waals surface area contributed by atoms with Gasteiger partial charge in [-0.25, -0.2) is 0 Å². The van der Waals surface area contributed by atoms with Crippen molar-refractivity contribution in [2.75, 3.05) is 6.61 Å². The summed E-state index contributed by atoms with van der Waals surface area (Å²) in [5.41, 5.74) is 2.86. The predicted molar refractivity (Wildman–Crippen MR) is 75.0 cm³/mol. The number of hydrogen-bond acceptors (Lipinski definition) is 3. The first-order valence-corrected chi connectivity index (χ1v) is 6.65. The minimum Gasteiger partial charge on any atom is -0.394 e. The van der Waals surface area contributed by atoms with Crippen LogP contribution in [0.2, 0.25) is 0 Å². The molecule has 0 unspecified atom stereocenters. The molecule has 0 radical (unpaired) electrons. The van der Waals surface area contributed by atoms with Crippen molar-refractivity contribution in [2.24, 2.45) is 0 Å². The summed E-state index contributed by atoms with van der Waals surface area (Å²) in [6, 6.07) is 19.7. The topological polar surface area (TPSA) is 53.2 Å². The quantitative estimate of drug-likeness (QED) is 0.928. The van der Waals surface area contributed by atoms with Gasteiger partial charge in [0.1, 0.15) is 0 Å². The molecule has 3 nitrogen and oxygen atoms in total. The molecule has 0 saturated carbocycles. The Bertz CT molecular complexity index is 616. The molecular formula is C17H15NO2. The number of rotatable bonds is 3. The molecule has 20 heavy (non-hydrogen) atoms. The van der Waals surface area contributed by atoms with Gasteiger partial charge < -0.3 is 9.84 Å². The lowest BCUT2D eigenvalue weighted by molar-refractivity contribution is -0.168. The van der Waals surface area contributed by atoms with E-state index in [-0.39, 0.29) is 24.7 Å². The minimum atomic E-state index is -0.155. The summed E-state index contributed by atoms with van der Waals surface area (Å²) in [5.74, 6) is 0.161. The molecule has 3 rings (SSSR count). The van der Waals surface area contributed by atoms with E-state index in [0.717, 1.165) is 5.56 Å². The van der Waals surface area contributed by atoms with Crippen LogP contribution in [0.5, 0.6) is 0 Å². The van der Waals surface area contributed by atoms with Crippen molar-refractivity contribution in [3.8, 4) is 6.07 Å². The van der Waals surface area contributed by atoms with Gasteiger partial charge >= 0.3 is 0 Å². The molecule has 2 aromatic carbocycles. The number of hydrogen-bond donors (Lipinski definition) is 1. The van der Waals surface area contributed by atoms with Crippen molar-refractivity contribution in [2.45, 2.75) is 18.1 Å². The van der Waals surface area contributed by atoms with Crippen LogP contribution in [0.25, 0.3) is 0 Å². The Labute approximate surface area is 118 Å². The average molecular weight is 265 g/mol. The Morgan fingerprint density at radius 1 is 1.00 bits per heavy atom. The van der Waals surface area contributed by atoms with Crippen LogP contribution < -0.4 is 0 Å². The summed E-state index contributed by atoms with van der Waals surface area (Å²) < 4.78 is 5.78. The van der Waals surface area contributed by atoms with Gasteiger partial charge in [0, 0.05) is 5.92 Å². The van der Waals surface area contributed by atoms with Crippen LogP contribution in [0, 0.1) is 11.3 Å². The Balaban J connectivity index is 1.88. The van der Waals surface area contributed by atoms with Crippen LogP contribution in [0.15, 0.2) is 54.6 Å². The van der Waals surface area contributed by atoms with Crippen LogP contribution in [0.4, 0.5) is 0 Å². The lowest BCUT2D eigenvalue weighted by atomic mass is 9.80. The second-order valence-corrected chi connectivity index (χ2v) is 4.95. The third-order valence-electron chi connectivity index (χ3n) is 3.78. The standard InChI is InChI=1S/C17H15NO2/c18-10-12-6-8-14(9-7-12)17-16(15(11-19)20-17)13-4-2-1-3-5-13/h1-9,15-17,19H,11H2/t15-,16-,17+/m1/s1. The molecule has 0 spiro atoms. The molecule has 1 aliphatic heterocycles. The van der Waals surface area contributed by atoms with Gasteiger partial charge in [-0.3, -0.25) is 0 Å². The molecule has 3 heteroatoms. The fourth-order valence-electron chi connectivity index (χ4n) is 2.72. The van der Waals surface area contributed by atoms with Crippen LogP contribution >= 0.6 is 0 Å². The van der Waals surface area contributed by atoms with E-state index in [1.54, 1.807) is 12.1 Å². The smallest absolute Gasteiger partial charge is 0.0991 e. The second kappa shape index (κ2) is 5.46. The van der Waals surface area contributed by atoms with Crippen molar-refractivity contribution < 1.29 is 9.84 Å². The molecule has 100 valence electrons. The normalized spacial score (nSPS) is 24.7. The van der Waals surface area contributed by atoms with Crippen molar-refractivity contribution >= 4 is 0 Å². The van der Waals surface area contributed by atoms with Gasteiger partial charge in [-0.05, 0) is 23.3 Å². The highest BCUT2D eigenvalue weighted by molar-refractivity contribution is 5.36. The zero-order valence-electron chi connectivity index (χ0n) is 10.9. The minimum absolute atomic E-state index is 0.0202. The summed E-state index contributed by atoms with van der Waals surface area (Å²) in [6.45, 7) is 0.0202. The van der Waals surface area contributed by atoms with Gasteiger partial charge in [0.2, 0.25) is 0 Å². The highest BCUT2D eigenvalue weighted by Gasteiger charge is 2.43. The van der Waals surface area contributed by atoms with Crippen molar-refractivity contribution in [1.29, 1.82) is 5.26 Å². The number of nitriles is 1. The summed E-state index contributed by atoms with van der Waals surface area (Å²) in [6.07, 6.45) is -0.208. The van der Waals surface area contributed by atoms with Crippen molar-refractivity contribution in [1.82, 2.24) is 0 Å². The number of aliphatic hydroxyl groups is 1. The first kappa shape index (κ1) is 12.9. The highest BCUT2D eigenvalue weighted by Crippen LogP contribution is 2.47. The largest absolute Gasteiger partial charge is 0.394 e. The summed E-state index contributed by atoms with van der Waals surface area (Å²) in [4.78, 5) is 0. The predicted octanol–water partition coefficient (Wildman–Crippen LogP) is 2.77. The molecular weight excluding hydrogens is 250 g/mol. The molecule has 1 fully saturated rings. The number of benzene rings is 2. The molecule has 1 saturated heterocycles. The number of ether oxygens (including phenoxy) is 1. The van der Waals surface area contributed by atoms with Crippen LogP contribution in [0.1, 0.15) is 28.7 Å². The molecule has 1 heterocycles. The molecule has 0 bridgehead atoms. The van der Waals surface area contributed by atoms with E-state index in [1.807, 2.05) is 30.3 Å². The van der Waals surface area contributed by atoms with E-state index in [0.29, 0.717) is 5.56 Å². The maximum Gasteiger partial charge on any atom is 0.0991 e. The van der Waals surface area contributed by atoms with E-state index in [1.165, 1.54) is 5.56 Å². The monoisotopic (exact) mass is 265 g/mol. The highest BCUT2D eigenvalue weighted by atomic mass is 16.5. The van der Waals surface area contributed by atoms with Gasteiger partial charge in [0.15, 0.2) is 0 Å². The lowest BCUT2D eigenvalue weighted by Crippen LogP contribution is -2.43. The maximum atomic E-state index is 9.40. The third-order valence-corrected chi connectivity index (χ3v) is 3.78. The Kier molecular flexibility index (Phi) is 3.51. The van der Waals surface area contributed by atoms with Gasteiger partial charge in [0.05, 0.1) is 30.4 Å². The Morgan fingerprint density at radius 3 is 2.30 bits per heavy atom. The molecule has 1 aliphatic rings. The fraction of sp³-hybridized carbons (Fsp3) is 0.235. The van der Waals surface area contributed by atoms with Crippen molar-refractivity contribution in [3.63, 3.8) is 0 Å².